The van der Waals surface area contributed by atoms with E-state index in [1.807, 2.05) is 38.1 Å². The molecule has 0 amide bonds. The Kier molecular flexibility index (Phi) is 4.17. The van der Waals surface area contributed by atoms with E-state index in [1.165, 1.54) is 0 Å². The summed E-state index contributed by atoms with van der Waals surface area (Å²) in [5.74, 6) is 0.859. The number of aryl methyl sites for hydroxylation is 2. The number of aliphatic hydroxyl groups is 1. The molecule has 0 fully saturated rings. The van der Waals surface area contributed by atoms with Gasteiger partial charge in [0.05, 0.1) is 13.2 Å². The third-order valence-corrected chi connectivity index (χ3v) is 3.32. The highest BCUT2D eigenvalue weighted by Crippen LogP contribution is 2.28. The summed E-state index contributed by atoms with van der Waals surface area (Å²) in [6, 6.07) is 7.82. The molecule has 0 radical (unpaired) electrons. The first-order valence-electron chi connectivity index (χ1n) is 6.34. The van der Waals surface area contributed by atoms with Gasteiger partial charge in [-0.2, -0.15) is 0 Å². The third-order valence-electron chi connectivity index (χ3n) is 3.32. The number of nitrogens with zero attached hydrogens (tertiary/aromatic N) is 1. The van der Waals surface area contributed by atoms with Crippen molar-refractivity contribution < 1.29 is 9.84 Å². The van der Waals surface area contributed by atoms with Crippen molar-refractivity contribution in [2.75, 3.05) is 7.11 Å². The van der Waals surface area contributed by atoms with Crippen molar-refractivity contribution in [1.82, 2.24) is 4.98 Å². The summed E-state index contributed by atoms with van der Waals surface area (Å²) in [6.07, 6.45) is 3.57. The van der Waals surface area contributed by atoms with E-state index in [2.05, 4.69) is 4.98 Å². The van der Waals surface area contributed by atoms with Gasteiger partial charge in [0.2, 0.25) is 0 Å². The van der Waals surface area contributed by atoms with Gasteiger partial charge < -0.3 is 9.84 Å². The zero-order valence-electron chi connectivity index (χ0n) is 11.6. The van der Waals surface area contributed by atoms with E-state index in [0.717, 1.165) is 28.0 Å². The molecule has 2 aromatic rings. The van der Waals surface area contributed by atoms with Crippen molar-refractivity contribution in [1.29, 1.82) is 0 Å². The number of pyridine rings is 1. The first-order chi connectivity index (χ1) is 9.11. The van der Waals surface area contributed by atoms with Crippen LogP contribution < -0.4 is 4.74 Å². The minimum atomic E-state index is -0.507. The Hall–Kier alpha value is -1.87. The maximum atomic E-state index is 10.4. The molecule has 0 aliphatic carbocycles. The van der Waals surface area contributed by atoms with E-state index in [9.17, 15) is 5.11 Å². The fraction of sp³-hybridized carbons (Fsp3) is 0.312. The minimum absolute atomic E-state index is 0.507. The normalized spacial score (nSPS) is 12.2. The molecule has 100 valence electrons. The summed E-state index contributed by atoms with van der Waals surface area (Å²) >= 11 is 0. The molecule has 3 heteroatoms. The van der Waals surface area contributed by atoms with Gasteiger partial charge in [-0.3, -0.25) is 4.98 Å². The molecular weight excluding hydrogens is 238 g/mol. The molecule has 1 heterocycles. The molecular formula is C16H19NO2. The second-order valence-corrected chi connectivity index (χ2v) is 4.75. The summed E-state index contributed by atoms with van der Waals surface area (Å²) in [5, 5.41) is 10.4. The van der Waals surface area contributed by atoms with Crippen LogP contribution in [0.2, 0.25) is 0 Å². The highest BCUT2D eigenvalue weighted by atomic mass is 16.5. The van der Waals surface area contributed by atoms with Crippen LogP contribution in [-0.4, -0.2) is 17.2 Å². The summed E-state index contributed by atoms with van der Waals surface area (Å²) in [7, 11) is 1.66. The molecule has 1 N–H and O–H groups in total. The molecule has 1 aromatic heterocycles. The number of methoxy groups -OCH3 is 1. The van der Waals surface area contributed by atoms with Crippen LogP contribution in [0, 0.1) is 13.8 Å². The zero-order valence-corrected chi connectivity index (χ0v) is 11.6. The Labute approximate surface area is 113 Å². The van der Waals surface area contributed by atoms with Gasteiger partial charge in [-0.25, -0.2) is 0 Å². The second kappa shape index (κ2) is 5.85. The largest absolute Gasteiger partial charge is 0.496 e. The van der Waals surface area contributed by atoms with Crippen molar-refractivity contribution in [3.8, 4) is 5.75 Å². The summed E-state index contributed by atoms with van der Waals surface area (Å²) in [4.78, 5) is 3.98. The van der Waals surface area contributed by atoms with Crippen LogP contribution in [0.4, 0.5) is 0 Å². The summed E-state index contributed by atoms with van der Waals surface area (Å²) < 4.78 is 5.29. The number of aliphatic hydroxyl groups excluding tert-OH is 1. The van der Waals surface area contributed by atoms with Crippen LogP contribution >= 0.6 is 0 Å². The monoisotopic (exact) mass is 257 g/mol. The second-order valence-electron chi connectivity index (χ2n) is 4.75. The number of aromatic nitrogens is 1. The van der Waals surface area contributed by atoms with E-state index in [-0.39, 0.29) is 0 Å². The van der Waals surface area contributed by atoms with Crippen LogP contribution in [0.15, 0.2) is 36.7 Å². The number of ether oxygens (including phenoxy) is 1. The maximum Gasteiger partial charge on any atom is 0.122 e. The standard InChI is InChI=1S/C16H19NO2/c1-11-9-16(19-3)12(2)8-14(11)15(18)10-13-4-6-17-7-5-13/h4-9,15,18H,10H2,1-3H3. The molecule has 1 unspecified atom stereocenters. The van der Waals surface area contributed by atoms with Gasteiger partial charge in [0.25, 0.3) is 0 Å². The van der Waals surface area contributed by atoms with Crippen molar-refractivity contribution >= 4 is 0 Å². The lowest BCUT2D eigenvalue weighted by Gasteiger charge is -2.16. The van der Waals surface area contributed by atoms with Crippen LogP contribution in [0.5, 0.6) is 5.75 Å². The predicted octanol–water partition coefficient (Wildman–Crippen LogP) is 2.98. The topological polar surface area (TPSA) is 42.4 Å². The number of benzene rings is 1. The Morgan fingerprint density at radius 2 is 1.84 bits per heavy atom. The average molecular weight is 257 g/mol. The fourth-order valence-electron chi connectivity index (χ4n) is 2.24. The van der Waals surface area contributed by atoms with Crippen molar-refractivity contribution in [2.24, 2.45) is 0 Å². The van der Waals surface area contributed by atoms with Gasteiger partial charge in [-0.15, -0.1) is 0 Å². The van der Waals surface area contributed by atoms with Crippen LogP contribution in [0.25, 0.3) is 0 Å². The predicted molar refractivity (Wildman–Crippen MR) is 75.4 cm³/mol. The van der Waals surface area contributed by atoms with E-state index >= 15 is 0 Å². The number of hydrogen-bond acceptors (Lipinski definition) is 3. The molecule has 0 aliphatic heterocycles. The molecule has 0 saturated heterocycles. The van der Waals surface area contributed by atoms with Gasteiger partial charge in [0.15, 0.2) is 0 Å². The van der Waals surface area contributed by atoms with Crippen molar-refractivity contribution in [3.05, 3.63) is 58.9 Å². The maximum absolute atomic E-state index is 10.4. The Bertz CT molecular complexity index is 552. The number of hydrogen-bond donors (Lipinski definition) is 1. The van der Waals surface area contributed by atoms with Gasteiger partial charge in [0.1, 0.15) is 5.75 Å². The summed E-state index contributed by atoms with van der Waals surface area (Å²) in [6.45, 7) is 3.98. The molecule has 0 saturated carbocycles. The quantitative estimate of drug-likeness (QED) is 0.915. The Balaban J connectivity index is 2.24. The van der Waals surface area contributed by atoms with Gasteiger partial charge >= 0.3 is 0 Å². The zero-order chi connectivity index (χ0) is 13.8. The van der Waals surface area contributed by atoms with Crippen molar-refractivity contribution in [2.45, 2.75) is 26.4 Å². The lowest BCUT2D eigenvalue weighted by molar-refractivity contribution is 0.177. The van der Waals surface area contributed by atoms with E-state index in [0.29, 0.717) is 6.42 Å². The van der Waals surface area contributed by atoms with Crippen molar-refractivity contribution in [3.63, 3.8) is 0 Å². The molecule has 19 heavy (non-hydrogen) atoms. The molecule has 0 spiro atoms. The van der Waals surface area contributed by atoms with Crippen LogP contribution in [-0.2, 0) is 6.42 Å². The van der Waals surface area contributed by atoms with E-state index in [1.54, 1.807) is 19.5 Å². The smallest absolute Gasteiger partial charge is 0.122 e. The minimum Gasteiger partial charge on any atom is -0.496 e. The van der Waals surface area contributed by atoms with Crippen LogP contribution in [0.1, 0.15) is 28.4 Å². The van der Waals surface area contributed by atoms with E-state index < -0.39 is 6.10 Å². The first-order valence-corrected chi connectivity index (χ1v) is 6.34. The molecule has 1 aromatic carbocycles. The Morgan fingerprint density at radius 1 is 1.16 bits per heavy atom. The third kappa shape index (κ3) is 3.12. The highest BCUT2D eigenvalue weighted by molar-refractivity contribution is 5.42. The lowest BCUT2D eigenvalue weighted by atomic mass is 9.96. The highest BCUT2D eigenvalue weighted by Gasteiger charge is 2.13. The summed E-state index contributed by atoms with van der Waals surface area (Å²) in [5.41, 5.74) is 4.12. The molecule has 0 aliphatic rings. The van der Waals surface area contributed by atoms with Gasteiger partial charge in [-0.05, 0) is 60.4 Å². The molecule has 1 atom stereocenters. The molecule has 2 rings (SSSR count). The van der Waals surface area contributed by atoms with Crippen LogP contribution in [0.3, 0.4) is 0 Å². The molecule has 3 nitrogen and oxygen atoms in total. The number of rotatable bonds is 4. The lowest BCUT2D eigenvalue weighted by Crippen LogP contribution is -2.05. The molecule has 0 bridgehead atoms. The van der Waals surface area contributed by atoms with Gasteiger partial charge in [0, 0.05) is 18.8 Å². The fourth-order valence-corrected chi connectivity index (χ4v) is 2.24. The Morgan fingerprint density at radius 3 is 2.47 bits per heavy atom. The van der Waals surface area contributed by atoms with E-state index in [4.69, 9.17) is 4.74 Å². The first kappa shape index (κ1) is 13.6. The van der Waals surface area contributed by atoms with Gasteiger partial charge in [-0.1, -0.05) is 0 Å². The average Bonchev–Trinajstić information content (AvgIpc) is 2.42. The SMILES string of the molecule is COc1cc(C)c(C(O)Cc2ccncc2)cc1C.